The highest BCUT2D eigenvalue weighted by Gasteiger charge is 2.26. The molecule has 0 unspecified atom stereocenters. The molecule has 98 heavy (non-hydrogen) atoms. The standard InChI is InChI=1S/C24H36N.C18H24N.3C17H22N/c1-17-10-11-21(18(2)12-17)22-13-19(14-23(3,4)5)20(16-25(22)9)15-24(6,7)8;1-13-9-7-8-10-15(13)17-11-14(2)16(12-19(17)6)18(3,4)5;2*1-12(2)15-7-9-17(18(5)11-15)16-8-6-13(3)10-14(16)4;1-12(2)16-11-18(5)17(10-14(16)4)15-9-7-6-8-13(15)3/h10-13,16H,14-15H2,1-9H3;7-12H,1-6H3;3*6-12H,1-5H3/q5*+1/i;;3D3,12D;;12D. The van der Waals surface area contributed by atoms with Crippen molar-refractivity contribution in [2.75, 3.05) is 0 Å². The zero-order valence-electron chi connectivity index (χ0n) is 71.0. The first-order chi connectivity index (χ1) is 47.4. The van der Waals surface area contributed by atoms with Gasteiger partial charge in [0.25, 0.3) is 0 Å². The van der Waals surface area contributed by atoms with Crippen LogP contribution >= 0.6 is 0 Å². The Morgan fingerprint density at radius 3 is 1.13 bits per heavy atom. The number of hydrogen-bond donors (Lipinski definition) is 0. The first-order valence-corrected chi connectivity index (χ1v) is 35.4. The third-order valence-corrected chi connectivity index (χ3v) is 18.4. The van der Waals surface area contributed by atoms with E-state index in [1.165, 1.54) is 112 Å². The van der Waals surface area contributed by atoms with Crippen LogP contribution < -0.4 is 22.8 Å². The molecule has 5 nitrogen and oxygen atoms in total. The van der Waals surface area contributed by atoms with E-state index in [1.807, 2.05) is 70.6 Å². The molecule has 0 saturated heterocycles. The Morgan fingerprint density at radius 1 is 0.337 bits per heavy atom. The lowest BCUT2D eigenvalue weighted by Crippen LogP contribution is -2.34. The fourth-order valence-corrected chi connectivity index (χ4v) is 13.1. The van der Waals surface area contributed by atoms with E-state index < -0.39 is 18.6 Å². The lowest BCUT2D eigenvalue weighted by Gasteiger charge is -2.24. The van der Waals surface area contributed by atoms with Crippen LogP contribution in [0.4, 0.5) is 0 Å². The number of aromatic nitrogens is 5. The normalized spacial score (nSPS) is 12.6. The van der Waals surface area contributed by atoms with E-state index in [-0.39, 0.29) is 10.8 Å². The maximum atomic E-state index is 8.21. The molecule has 0 saturated carbocycles. The van der Waals surface area contributed by atoms with Crippen LogP contribution in [0.15, 0.2) is 177 Å². The van der Waals surface area contributed by atoms with Gasteiger partial charge in [-0.05, 0) is 203 Å². The van der Waals surface area contributed by atoms with Crippen LogP contribution in [0.3, 0.4) is 0 Å². The molecule has 0 amide bonds. The third kappa shape index (κ3) is 21.7. The maximum absolute atomic E-state index is 8.21. The van der Waals surface area contributed by atoms with Crippen LogP contribution in [0, 0.1) is 80.0 Å². The van der Waals surface area contributed by atoms with E-state index in [9.17, 15) is 0 Å². The van der Waals surface area contributed by atoms with Gasteiger partial charge in [-0.3, -0.25) is 0 Å². The predicted octanol–water partition coefficient (Wildman–Crippen LogP) is 21.8. The van der Waals surface area contributed by atoms with Gasteiger partial charge in [-0.15, -0.1) is 0 Å². The van der Waals surface area contributed by atoms with Gasteiger partial charge in [-0.25, -0.2) is 22.8 Å². The summed E-state index contributed by atoms with van der Waals surface area (Å²) in [6.07, 6.45) is 13.1. The van der Waals surface area contributed by atoms with Crippen molar-refractivity contribution in [3.63, 3.8) is 0 Å². The van der Waals surface area contributed by atoms with Crippen molar-refractivity contribution in [3.8, 4) is 56.3 Å². The summed E-state index contributed by atoms with van der Waals surface area (Å²) in [7, 11) is 10.4. The molecule has 0 fully saturated rings. The van der Waals surface area contributed by atoms with E-state index >= 15 is 0 Å². The Balaban J connectivity index is 0.000000203. The second-order valence-corrected chi connectivity index (χ2v) is 32.1. The topological polar surface area (TPSA) is 19.4 Å². The van der Waals surface area contributed by atoms with E-state index in [1.54, 1.807) is 12.1 Å². The average Bonchev–Trinajstić information content (AvgIpc) is 0.811. The van der Waals surface area contributed by atoms with Crippen molar-refractivity contribution >= 4 is 0 Å². The molecule has 0 N–H and O–H groups in total. The smallest absolute Gasteiger partial charge is 0.201 e. The van der Waals surface area contributed by atoms with Crippen LogP contribution in [0.25, 0.3) is 56.3 Å². The molecule has 0 aliphatic carbocycles. The largest absolute Gasteiger partial charge is 0.212 e. The molecule has 0 radical (unpaired) electrons. The number of benzene rings is 5. The van der Waals surface area contributed by atoms with E-state index in [2.05, 4.69) is 318 Å². The summed E-state index contributed by atoms with van der Waals surface area (Å²) in [6, 6.07) is 51.0. The van der Waals surface area contributed by atoms with E-state index in [4.69, 9.17) is 6.85 Å². The minimum atomic E-state index is -2.08. The molecule has 0 spiro atoms. The van der Waals surface area contributed by atoms with Gasteiger partial charge in [-0.1, -0.05) is 193 Å². The summed E-state index contributed by atoms with van der Waals surface area (Å²) in [6.45, 7) is 50.0. The minimum Gasteiger partial charge on any atom is -0.201 e. The second kappa shape index (κ2) is 33.6. The number of nitrogens with zero attached hydrogens (tertiary/aromatic N) is 5. The number of rotatable bonds is 10. The zero-order valence-corrected chi connectivity index (χ0v) is 66.0. The summed E-state index contributed by atoms with van der Waals surface area (Å²) < 4.78 is 49.7. The molecule has 0 bridgehead atoms. The first-order valence-electron chi connectivity index (χ1n) is 37.9. The molecule has 10 aromatic rings. The predicted molar refractivity (Wildman–Crippen MR) is 420 cm³/mol. The summed E-state index contributed by atoms with van der Waals surface area (Å²) in [5, 5.41) is 0. The lowest BCUT2D eigenvalue weighted by molar-refractivity contribution is -0.661. The quantitative estimate of drug-likeness (QED) is 0.122. The summed E-state index contributed by atoms with van der Waals surface area (Å²) in [5.41, 5.74) is 32.6. The van der Waals surface area contributed by atoms with Crippen LogP contribution in [0.5, 0.6) is 0 Å². The highest BCUT2D eigenvalue weighted by molar-refractivity contribution is 5.66. The van der Waals surface area contributed by atoms with Gasteiger partial charge in [0.15, 0.2) is 31.0 Å². The van der Waals surface area contributed by atoms with Crippen molar-refractivity contribution in [1.29, 1.82) is 0 Å². The molecular formula is C93H126N5+5. The summed E-state index contributed by atoms with van der Waals surface area (Å²) >= 11 is 0. The molecule has 5 aromatic carbocycles. The SMILES string of the molecule is Cc1ccc(-c2cc(CC(C)(C)C)c(CC(C)(C)C)c[n+]2C)c(C)c1.Cc1ccc(-c2ccc(C(C)C)c[n+]2C)c(C)c1.Cc1ccccc1-c1cc(C)c(C(C)(C)C)c[n+]1C.[2H]C(C)(C)c1c[n+](C)c(-c2ccccc2C)cc1C.[2H]C([2H])([2H])c1ccc(-c2ccc(C([2H])(C)C)c[n+]2C)c(C)c1. The Morgan fingerprint density at radius 2 is 0.714 bits per heavy atom. The van der Waals surface area contributed by atoms with Gasteiger partial charge in [-0.2, -0.15) is 0 Å². The van der Waals surface area contributed by atoms with Crippen LogP contribution in [0.1, 0.15) is 217 Å². The fraction of sp³-hybridized carbons (Fsp3) is 0.409. The Hall–Kier alpha value is -8.15. The van der Waals surface area contributed by atoms with Gasteiger partial charge >= 0.3 is 0 Å². The molecule has 0 atom stereocenters. The van der Waals surface area contributed by atoms with Crippen molar-refractivity contribution in [1.82, 2.24) is 0 Å². The van der Waals surface area contributed by atoms with Gasteiger partial charge in [0.1, 0.15) is 35.2 Å². The number of pyridine rings is 5. The molecule has 518 valence electrons. The molecule has 5 heteroatoms. The van der Waals surface area contributed by atoms with Crippen molar-refractivity contribution < 1.29 is 29.7 Å². The van der Waals surface area contributed by atoms with Gasteiger partial charge in [0.2, 0.25) is 28.5 Å². The Bertz CT molecular complexity index is 4420. The fourth-order valence-electron chi connectivity index (χ4n) is 13.1. The highest BCUT2D eigenvalue weighted by atomic mass is 14.9. The summed E-state index contributed by atoms with van der Waals surface area (Å²) in [4.78, 5) is 0. The van der Waals surface area contributed by atoms with Crippen molar-refractivity contribution in [3.05, 3.63) is 266 Å². The lowest BCUT2D eigenvalue weighted by atomic mass is 9.81. The molecule has 10 rings (SSSR count). The van der Waals surface area contributed by atoms with Crippen LogP contribution in [-0.4, -0.2) is 0 Å². The minimum absolute atomic E-state index is 0.187. The molecule has 0 aliphatic rings. The zero-order chi connectivity index (χ0) is 77.4. The highest BCUT2D eigenvalue weighted by Crippen LogP contribution is 2.33. The van der Waals surface area contributed by atoms with Gasteiger partial charge < -0.3 is 0 Å². The Labute approximate surface area is 603 Å². The Kier molecular flexibility index (Phi) is 24.4. The van der Waals surface area contributed by atoms with E-state index in [0.29, 0.717) is 16.9 Å². The number of hydrogen-bond acceptors (Lipinski definition) is 0. The molecule has 5 aromatic heterocycles. The molecule has 0 aliphatic heterocycles. The van der Waals surface area contributed by atoms with Crippen LogP contribution in [0.2, 0.25) is 0 Å². The third-order valence-electron chi connectivity index (χ3n) is 18.4. The second-order valence-electron chi connectivity index (χ2n) is 32.1. The van der Waals surface area contributed by atoms with Gasteiger partial charge in [0.05, 0.1) is 0 Å². The summed E-state index contributed by atoms with van der Waals surface area (Å²) in [5.74, 6) is -0.632. The van der Waals surface area contributed by atoms with E-state index in [0.717, 1.165) is 40.8 Å². The van der Waals surface area contributed by atoms with Gasteiger partial charge in [0, 0.05) is 92.8 Å². The monoisotopic (exact) mass is 1320 g/mol. The van der Waals surface area contributed by atoms with Crippen LogP contribution in [-0.2, 0) is 53.5 Å². The molecular weight excluding hydrogens is 1190 g/mol. The number of aryl methyl sites for hydroxylation is 15. The molecule has 5 heterocycles. The maximum Gasteiger partial charge on any atom is 0.212 e. The van der Waals surface area contributed by atoms with Crippen molar-refractivity contribution in [2.45, 2.75) is 209 Å². The van der Waals surface area contributed by atoms with Crippen molar-refractivity contribution in [2.24, 2.45) is 46.1 Å². The average molecular weight is 1320 g/mol. The first kappa shape index (κ1) is 71.1.